The number of hydrogen-bond acceptors (Lipinski definition) is 1. The predicted molar refractivity (Wildman–Crippen MR) is 74.2 cm³/mol. The van der Waals surface area contributed by atoms with Crippen LogP contribution in [0.2, 0.25) is 0 Å². The fourth-order valence-corrected chi connectivity index (χ4v) is 2.30. The van der Waals surface area contributed by atoms with E-state index in [9.17, 15) is 61.6 Å². The molecule has 0 saturated carbocycles. The minimum atomic E-state index is -7.89. The minimum absolute atomic E-state index is 0.159. The van der Waals surface area contributed by atoms with Crippen LogP contribution in [0.5, 0.6) is 0 Å². The fourth-order valence-electron chi connectivity index (χ4n) is 2.00. The molecule has 0 N–H and O–H groups in total. The van der Waals surface area contributed by atoms with E-state index in [1.54, 1.807) is 0 Å². The molecule has 1 unspecified atom stereocenters. The first-order chi connectivity index (χ1) is 12.8. The van der Waals surface area contributed by atoms with Crippen molar-refractivity contribution in [3.63, 3.8) is 0 Å². The van der Waals surface area contributed by atoms with Crippen molar-refractivity contribution < 1.29 is 61.6 Å². The van der Waals surface area contributed by atoms with E-state index in [0.29, 0.717) is 0 Å². The quantitative estimate of drug-likeness (QED) is 0.336. The standard InChI is InChI=1S/C14H8F13OP/c15-9(16,6-5-7-1-3-8(29-28)4-2-7)10(17,18)11(19,20)12(21,22)13(23,24)14(25,26)27/h1-4H,5-6H2/p+1. The Kier molecular flexibility index (Phi) is 6.66. The van der Waals surface area contributed by atoms with Crippen molar-refractivity contribution in [2.75, 3.05) is 0 Å². The van der Waals surface area contributed by atoms with Crippen LogP contribution in [0.1, 0.15) is 12.0 Å². The van der Waals surface area contributed by atoms with Crippen molar-refractivity contribution in [1.82, 2.24) is 0 Å². The number of aryl methyl sites for hydroxylation is 1. The van der Waals surface area contributed by atoms with Crippen LogP contribution in [-0.2, 0) is 11.0 Å². The average Bonchev–Trinajstić information content (AvgIpc) is 2.58. The second-order valence-corrected chi connectivity index (χ2v) is 6.58. The third-order valence-corrected chi connectivity index (χ3v) is 4.37. The van der Waals surface area contributed by atoms with Gasteiger partial charge < -0.3 is 0 Å². The number of benzene rings is 1. The van der Waals surface area contributed by atoms with Gasteiger partial charge in [-0.1, -0.05) is 16.7 Å². The average molecular weight is 471 g/mol. The van der Waals surface area contributed by atoms with Crippen LogP contribution in [0.25, 0.3) is 0 Å². The molecule has 0 radical (unpaired) electrons. The molecule has 0 aliphatic heterocycles. The lowest BCUT2D eigenvalue weighted by Gasteiger charge is -2.39. The van der Waals surface area contributed by atoms with Crippen LogP contribution in [0, 0.1) is 0 Å². The van der Waals surface area contributed by atoms with Gasteiger partial charge in [-0.05, 0) is 24.1 Å². The van der Waals surface area contributed by atoms with Gasteiger partial charge in [-0.2, -0.15) is 57.1 Å². The molecule has 166 valence electrons. The number of hydrogen-bond donors (Lipinski definition) is 0. The molecule has 0 fully saturated rings. The third kappa shape index (κ3) is 4.17. The molecule has 15 heteroatoms. The molecular weight excluding hydrogens is 462 g/mol. The topological polar surface area (TPSA) is 17.1 Å². The summed E-state index contributed by atoms with van der Waals surface area (Å²) < 4.78 is 179. The zero-order valence-electron chi connectivity index (χ0n) is 13.5. The molecule has 0 saturated heterocycles. The van der Waals surface area contributed by atoms with Gasteiger partial charge in [0.25, 0.3) is 0 Å². The normalized spacial score (nSPS) is 15.1. The number of rotatable bonds is 8. The van der Waals surface area contributed by atoms with Gasteiger partial charge in [-0.15, -0.1) is 0 Å². The highest BCUT2D eigenvalue weighted by Crippen LogP contribution is 2.60. The predicted octanol–water partition coefficient (Wildman–Crippen LogP) is 6.01. The smallest absolute Gasteiger partial charge is 0.200 e. The lowest BCUT2D eigenvalue weighted by Crippen LogP contribution is -2.70. The summed E-state index contributed by atoms with van der Waals surface area (Å²) in [5, 5.41) is 0.159. The maximum absolute atomic E-state index is 13.6. The summed E-state index contributed by atoms with van der Waals surface area (Å²) in [4.78, 5) is 0. The highest BCUT2D eigenvalue weighted by atomic mass is 31.1. The van der Waals surface area contributed by atoms with E-state index < -0.39 is 57.1 Å². The van der Waals surface area contributed by atoms with Crippen LogP contribution in [0.4, 0.5) is 57.1 Å². The van der Waals surface area contributed by atoms with E-state index in [1.807, 2.05) is 0 Å². The Morgan fingerprint density at radius 2 is 1.03 bits per heavy atom. The highest BCUT2D eigenvalue weighted by Gasteiger charge is 2.90. The molecule has 1 atom stereocenters. The second kappa shape index (κ2) is 7.59. The van der Waals surface area contributed by atoms with Crippen LogP contribution in [0.15, 0.2) is 24.3 Å². The molecule has 1 aromatic carbocycles. The summed E-state index contributed by atoms with van der Waals surface area (Å²) in [6.07, 6.45) is -10.9. The van der Waals surface area contributed by atoms with Crippen LogP contribution in [0.3, 0.4) is 0 Å². The van der Waals surface area contributed by atoms with E-state index in [2.05, 4.69) is 0 Å². The Morgan fingerprint density at radius 1 is 0.621 bits per heavy atom. The van der Waals surface area contributed by atoms with Gasteiger partial charge in [-0.3, -0.25) is 0 Å². The molecule has 0 spiro atoms. The second-order valence-electron chi connectivity index (χ2n) is 5.80. The fraction of sp³-hybridized carbons (Fsp3) is 0.571. The first-order valence-electron chi connectivity index (χ1n) is 7.19. The molecule has 0 aromatic heterocycles. The molecule has 0 heterocycles. The monoisotopic (exact) mass is 471 g/mol. The Labute approximate surface area is 155 Å². The van der Waals surface area contributed by atoms with E-state index in [-0.39, 0.29) is 10.9 Å². The van der Waals surface area contributed by atoms with Gasteiger partial charge >= 0.3 is 44.2 Å². The van der Waals surface area contributed by atoms with Gasteiger partial charge in [-0.25, -0.2) is 0 Å². The molecule has 0 amide bonds. The SMILES string of the molecule is O=[PH+]c1ccc(CCC(F)(F)C(F)(F)C(F)(F)C(F)(F)C(F)(F)C(F)(F)F)cc1. The third-order valence-electron chi connectivity index (χ3n) is 3.80. The Balaban J connectivity index is 3.21. The molecule has 0 bridgehead atoms. The van der Waals surface area contributed by atoms with Gasteiger partial charge in [0.2, 0.25) is 0 Å². The highest BCUT2D eigenvalue weighted by molar-refractivity contribution is 7.34. The van der Waals surface area contributed by atoms with Crippen molar-refractivity contribution >= 4 is 13.8 Å². The van der Waals surface area contributed by atoms with E-state index in [1.165, 1.54) is 0 Å². The zero-order chi connectivity index (χ0) is 23.1. The van der Waals surface area contributed by atoms with Crippen LogP contribution < -0.4 is 5.30 Å². The van der Waals surface area contributed by atoms with Crippen molar-refractivity contribution in [3.05, 3.63) is 29.8 Å². The molecule has 1 nitrogen and oxygen atoms in total. The van der Waals surface area contributed by atoms with Crippen LogP contribution >= 0.6 is 8.46 Å². The van der Waals surface area contributed by atoms with Crippen molar-refractivity contribution in [3.8, 4) is 0 Å². The molecule has 29 heavy (non-hydrogen) atoms. The Morgan fingerprint density at radius 3 is 1.41 bits per heavy atom. The largest absolute Gasteiger partial charge is 0.460 e. The maximum Gasteiger partial charge on any atom is 0.460 e. The van der Waals surface area contributed by atoms with Gasteiger partial charge in [0, 0.05) is 6.42 Å². The van der Waals surface area contributed by atoms with E-state index >= 15 is 0 Å². The summed E-state index contributed by atoms with van der Waals surface area (Å²) in [5.74, 6) is -36.7. The first-order valence-corrected chi connectivity index (χ1v) is 8.10. The van der Waals surface area contributed by atoms with Gasteiger partial charge in [0.1, 0.15) is 0 Å². The molecule has 1 aromatic rings. The molecule has 1 rings (SSSR count). The van der Waals surface area contributed by atoms with Gasteiger partial charge in [0.15, 0.2) is 5.30 Å². The Hall–Kier alpha value is -1.59. The van der Waals surface area contributed by atoms with Crippen LogP contribution in [-0.4, -0.2) is 35.8 Å². The summed E-state index contributed by atoms with van der Waals surface area (Å²) in [5.41, 5.74) is -0.238. The summed E-state index contributed by atoms with van der Waals surface area (Å²) >= 11 is 0. The van der Waals surface area contributed by atoms with Crippen molar-refractivity contribution in [2.24, 2.45) is 0 Å². The van der Waals surface area contributed by atoms with Gasteiger partial charge in [0.05, 0.1) is 0 Å². The summed E-state index contributed by atoms with van der Waals surface area (Å²) in [6, 6.07) is 4.06. The Bertz CT molecular complexity index is 724. The van der Waals surface area contributed by atoms with E-state index in [4.69, 9.17) is 0 Å². The number of alkyl halides is 13. The lowest BCUT2D eigenvalue weighted by atomic mass is 9.91. The molecule has 0 aliphatic carbocycles. The number of halogens is 13. The van der Waals surface area contributed by atoms with Crippen molar-refractivity contribution in [1.29, 1.82) is 0 Å². The van der Waals surface area contributed by atoms with Crippen molar-refractivity contribution in [2.45, 2.75) is 48.6 Å². The lowest BCUT2D eigenvalue weighted by molar-refractivity contribution is -0.440. The maximum atomic E-state index is 13.6. The minimum Gasteiger partial charge on any atom is -0.200 e. The first kappa shape index (κ1) is 25.4. The van der Waals surface area contributed by atoms with E-state index in [0.717, 1.165) is 24.3 Å². The summed E-state index contributed by atoms with van der Waals surface area (Å²) in [6.45, 7) is 0. The molecular formula is C14H9F13OP+. The summed E-state index contributed by atoms with van der Waals surface area (Å²) in [7, 11) is -0.980. The zero-order valence-corrected chi connectivity index (χ0v) is 14.5. The molecule has 0 aliphatic rings.